The number of carbonyl (C=O) groups excluding carboxylic acids is 1. The van der Waals surface area contributed by atoms with Crippen molar-refractivity contribution in [2.45, 2.75) is 26.2 Å². The molecule has 7 heteroatoms. The van der Waals surface area contributed by atoms with E-state index < -0.39 is 0 Å². The fourth-order valence-electron chi connectivity index (χ4n) is 2.29. The minimum atomic E-state index is 0.136. The van der Waals surface area contributed by atoms with E-state index in [4.69, 9.17) is 16.3 Å². The zero-order valence-electron chi connectivity index (χ0n) is 12.4. The number of rotatable bonds is 5. The van der Waals surface area contributed by atoms with Crippen LogP contribution in [0.3, 0.4) is 0 Å². The van der Waals surface area contributed by atoms with Crippen molar-refractivity contribution in [2.75, 3.05) is 38.2 Å². The van der Waals surface area contributed by atoms with Gasteiger partial charge >= 0.3 is 0 Å². The maximum absolute atomic E-state index is 12.0. The van der Waals surface area contributed by atoms with Crippen molar-refractivity contribution in [3.05, 3.63) is 17.0 Å². The Morgan fingerprint density at radius 1 is 1.43 bits per heavy atom. The number of ether oxygens (including phenoxy) is 1. The molecule has 0 radical (unpaired) electrons. The van der Waals surface area contributed by atoms with Gasteiger partial charge in [-0.25, -0.2) is 9.97 Å². The molecule has 0 saturated carbocycles. The van der Waals surface area contributed by atoms with Crippen LogP contribution in [0.4, 0.5) is 5.82 Å². The van der Waals surface area contributed by atoms with Gasteiger partial charge in [0.15, 0.2) is 0 Å². The first-order chi connectivity index (χ1) is 10.1. The van der Waals surface area contributed by atoms with Crippen LogP contribution < -0.4 is 5.32 Å². The van der Waals surface area contributed by atoms with Crippen molar-refractivity contribution in [3.63, 3.8) is 0 Å². The van der Waals surface area contributed by atoms with Crippen LogP contribution in [0.25, 0.3) is 0 Å². The van der Waals surface area contributed by atoms with Gasteiger partial charge in [-0.2, -0.15) is 0 Å². The number of aromatic nitrogens is 2. The molecular formula is C14H21ClN4O2. The van der Waals surface area contributed by atoms with Gasteiger partial charge < -0.3 is 15.0 Å². The lowest BCUT2D eigenvalue weighted by atomic mass is 10.1. The molecule has 1 N–H and O–H groups in total. The highest BCUT2D eigenvalue weighted by Gasteiger charge is 2.17. The molecule has 0 bridgehead atoms. The molecule has 0 spiro atoms. The average Bonchev–Trinajstić information content (AvgIpc) is 2.47. The summed E-state index contributed by atoms with van der Waals surface area (Å²) in [5.74, 6) is 1.06. The summed E-state index contributed by atoms with van der Waals surface area (Å²) in [5, 5.41) is 3.65. The van der Waals surface area contributed by atoms with Crippen LogP contribution >= 0.6 is 11.6 Å². The van der Waals surface area contributed by atoms with Gasteiger partial charge in [-0.1, -0.05) is 25.4 Å². The van der Waals surface area contributed by atoms with Crippen molar-refractivity contribution in [1.29, 1.82) is 0 Å². The minimum Gasteiger partial charge on any atom is -0.378 e. The average molecular weight is 313 g/mol. The lowest BCUT2D eigenvalue weighted by Crippen LogP contribution is -2.41. The smallest absolute Gasteiger partial charge is 0.224 e. The molecule has 1 aromatic heterocycles. The van der Waals surface area contributed by atoms with Crippen molar-refractivity contribution >= 4 is 23.3 Å². The molecule has 1 aliphatic rings. The number of nitrogens with one attached hydrogen (secondary N) is 1. The highest BCUT2D eigenvalue weighted by Crippen LogP contribution is 2.27. The number of morpholine rings is 1. The maximum Gasteiger partial charge on any atom is 0.224 e. The molecule has 1 saturated heterocycles. The summed E-state index contributed by atoms with van der Waals surface area (Å²) in [4.78, 5) is 22.1. The Balaban J connectivity index is 1.88. The van der Waals surface area contributed by atoms with E-state index in [9.17, 15) is 4.79 Å². The molecule has 1 aromatic rings. The van der Waals surface area contributed by atoms with Crippen molar-refractivity contribution in [3.8, 4) is 0 Å². The fraction of sp³-hybridized carbons (Fsp3) is 0.643. The third-order valence-corrected chi connectivity index (χ3v) is 3.71. The first kappa shape index (κ1) is 16.0. The fourth-order valence-corrected chi connectivity index (χ4v) is 2.64. The summed E-state index contributed by atoms with van der Waals surface area (Å²) in [6.45, 7) is 7.20. The van der Waals surface area contributed by atoms with Gasteiger partial charge in [0.2, 0.25) is 5.91 Å². The predicted octanol–water partition coefficient (Wildman–Crippen LogP) is 1.91. The van der Waals surface area contributed by atoms with Gasteiger partial charge in [-0.3, -0.25) is 4.79 Å². The van der Waals surface area contributed by atoms with E-state index in [-0.39, 0.29) is 11.8 Å². The van der Waals surface area contributed by atoms with Crippen LogP contribution in [0.2, 0.25) is 5.15 Å². The third-order valence-electron chi connectivity index (χ3n) is 3.41. The quantitative estimate of drug-likeness (QED) is 0.841. The van der Waals surface area contributed by atoms with Crippen LogP contribution in [0.1, 0.15) is 31.7 Å². The number of carbonyl (C=O) groups is 1. The topological polar surface area (TPSA) is 67.4 Å². The number of amides is 1. The normalized spacial score (nSPS) is 15.3. The standard InChI is InChI=1S/C14H21ClN4O2/c1-10(2)12-13(15)17-9-18-14(12)16-4-3-11(20)19-5-7-21-8-6-19/h9-10H,3-8H2,1-2H3,(H,16,17,18). The van der Waals surface area contributed by atoms with Crippen molar-refractivity contribution < 1.29 is 9.53 Å². The number of hydrogen-bond acceptors (Lipinski definition) is 5. The molecule has 1 fully saturated rings. The van der Waals surface area contributed by atoms with Crippen LogP contribution in [-0.4, -0.2) is 53.6 Å². The number of hydrogen-bond donors (Lipinski definition) is 1. The van der Waals surface area contributed by atoms with E-state index >= 15 is 0 Å². The van der Waals surface area contributed by atoms with Gasteiger partial charge in [-0.15, -0.1) is 0 Å². The molecule has 0 aliphatic carbocycles. The van der Waals surface area contributed by atoms with Crippen LogP contribution in [0.5, 0.6) is 0 Å². The maximum atomic E-state index is 12.0. The summed E-state index contributed by atoms with van der Waals surface area (Å²) in [6.07, 6.45) is 1.86. The first-order valence-corrected chi connectivity index (χ1v) is 7.57. The molecule has 2 rings (SSSR count). The first-order valence-electron chi connectivity index (χ1n) is 7.19. The van der Waals surface area contributed by atoms with Gasteiger partial charge in [0.25, 0.3) is 0 Å². The molecule has 6 nitrogen and oxygen atoms in total. The Kier molecular flexibility index (Phi) is 5.76. The van der Waals surface area contributed by atoms with Gasteiger partial charge in [0.05, 0.1) is 13.2 Å². The number of nitrogens with zero attached hydrogens (tertiary/aromatic N) is 3. The Labute approximate surface area is 129 Å². The summed E-state index contributed by atoms with van der Waals surface area (Å²) in [7, 11) is 0. The zero-order chi connectivity index (χ0) is 15.2. The van der Waals surface area contributed by atoms with Crippen LogP contribution in [0.15, 0.2) is 6.33 Å². The van der Waals surface area contributed by atoms with E-state index in [1.165, 1.54) is 6.33 Å². The molecule has 2 heterocycles. The Bertz CT molecular complexity index is 490. The van der Waals surface area contributed by atoms with Crippen LogP contribution in [-0.2, 0) is 9.53 Å². The van der Waals surface area contributed by atoms with Crippen LogP contribution in [0, 0.1) is 0 Å². The van der Waals surface area contributed by atoms with E-state index in [0.717, 1.165) is 5.56 Å². The van der Waals surface area contributed by atoms with E-state index in [2.05, 4.69) is 15.3 Å². The molecular weight excluding hydrogens is 292 g/mol. The number of halogens is 1. The molecule has 116 valence electrons. The van der Waals surface area contributed by atoms with Gasteiger partial charge in [0, 0.05) is 31.6 Å². The van der Waals surface area contributed by atoms with E-state index in [1.807, 2.05) is 18.7 Å². The second kappa shape index (κ2) is 7.56. The molecule has 0 aromatic carbocycles. The monoisotopic (exact) mass is 312 g/mol. The number of anilines is 1. The summed E-state index contributed by atoms with van der Waals surface area (Å²) in [6, 6.07) is 0. The summed E-state index contributed by atoms with van der Waals surface area (Å²) in [5.41, 5.74) is 0.887. The van der Waals surface area contributed by atoms with Gasteiger partial charge in [-0.05, 0) is 5.92 Å². The third kappa shape index (κ3) is 4.28. The lowest BCUT2D eigenvalue weighted by Gasteiger charge is -2.27. The molecule has 0 atom stereocenters. The molecule has 0 unspecified atom stereocenters. The Hall–Kier alpha value is -1.40. The molecule has 1 amide bonds. The zero-order valence-corrected chi connectivity index (χ0v) is 13.2. The highest BCUT2D eigenvalue weighted by atomic mass is 35.5. The van der Waals surface area contributed by atoms with E-state index in [1.54, 1.807) is 0 Å². The lowest BCUT2D eigenvalue weighted by molar-refractivity contribution is -0.134. The minimum absolute atomic E-state index is 0.136. The van der Waals surface area contributed by atoms with Gasteiger partial charge in [0.1, 0.15) is 17.3 Å². The Morgan fingerprint density at radius 2 is 2.14 bits per heavy atom. The summed E-state index contributed by atoms with van der Waals surface area (Å²) < 4.78 is 5.24. The second-order valence-corrected chi connectivity index (χ2v) is 5.61. The highest BCUT2D eigenvalue weighted by molar-refractivity contribution is 6.30. The largest absolute Gasteiger partial charge is 0.378 e. The van der Waals surface area contributed by atoms with Crippen molar-refractivity contribution in [1.82, 2.24) is 14.9 Å². The Morgan fingerprint density at radius 3 is 2.81 bits per heavy atom. The summed E-state index contributed by atoms with van der Waals surface area (Å²) >= 11 is 6.11. The molecule has 21 heavy (non-hydrogen) atoms. The van der Waals surface area contributed by atoms with E-state index in [0.29, 0.717) is 50.2 Å². The predicted molar refractivity (Wildman–Crippen MR) is 81.6 cm³/mol. The SMILES string of the molecule is CC(C)c1c(Cl)ncnc1NCCC(=O)N1CCOCC1. The van der Waals surface area contributed by atoms with Crippen molar-refractivity contribution in [2.24, 2.45) is 0 Å². The second-order valence-electron chi connectivity index (χ2n) is 5.25. The molecule has 1 aliphatic heterocycles.